The van der Waals surface area contributed by atoms with Gasteiger partial charge in [0.15, 0.2) is 0 Å². The fraction of sp³-hybridized carbons (Fsp3) is 0.524. The Morgan fingerprint density at radius 1 is 0.471 bits per heavy atom. The maximum absolute atomic E-state index is 2.34. The van der Waals surface area contributed by atoms with Crippen molar-refractivity contribution in [3.05, 3.63) is 116 Å². The zero-order chi connectivity index (χ0) is 29.6. The Morgan fingerprint density at radius 3 is 1.10 bits per heavy atom. The zero-order valence-electron chi connectivity index (χ0n) is 31.3. The van der Waals surface area contributed by atoms with Gasteiger partial charge in [-0.2, -0.15) is 92.0 Å². The fourth-order valence-corrected chi connectivity index (χ4v) is 8.06. The van der Waals surface area contributed by atoms with Crippen LogP contribution in [0.25, 0.3) is 0 Å². The van der Waals surface area contributed by atoms with Gasteiger partial charge in [0.25, 0.3) is 0 Å². The first-order chi connectivity index (χ1) is 20.3. The molecular weight excluding hydrogens is 991 g/mol. The standard InChI is InChI=1S/2C11H15.2C10H13.6ClH.3Zr/c2*1-8-6-7-9(2)11-5-3-4-10(8)11;2*1-8-6-9-4-2-3-5-10(9)7-8;;;;;;;;;/h2*3-5,8-9H,6-7H2,1-2H3;2*6-7H,2-5H2,1H3;6*1H;;;/q4*-1;;;;;;;3*+4/p-6. The van der Waals surface area contributed by atoms with Crippen LogP contribution in [0.3, 0.4) is 0 Å². The van der Waals surface area contributed by atoms with Gasteiger partial charge in [-0.3, -0.25) is 0 Å². The van der Waals surface area contributed by atoms with Crippen molar-refractivity contribution in [3.63, 3.8) is 0 Å². The van der Waals surface area contributed by atoms with E-state index in [2.05, 4.69) is 102 Å². The van der Waals surface area contributed by atoms with Gasteiger partial charge < -0.3 is 74.4 Å². The third kappa shape index (κ3) is 17.4. The molecule has 0 saturated carbocycles. The Labute approximate surface area is 406 Å². The SMILES string of the molecule is CC1CCC(C)c2[cH-]ccc21.CC1CCC(C)c2[cH-]ccc21.Cc1cc2c([cH-]1)CCCC2.Cc1cc2c([cH-]1)CCCC2.[Cl-].[Cl-].[Cl-].[Cl-].[Cl-].[Cl-].[Zr+4].[Zr+4].[Zr+4]. The quantitative estimate of drug-likeness (QED) is 0.154. The van der Waals surface area contributed by atoms with E-state index in [1.807, 2.05) is 0 Å². The Bertz CT molecular complexity index is 1210. The van der Waals surface area contributed by atoms with E-state index >= 15 is 0 Å². The normalized spacial score (nSPS) is 19.6. The number of halogens is 6. The van der Waals surface area contributed by atoms with Crippen LogP contribution < -0.4 is 74.4 Å². The summed E-state index contributed by atoms with van der Waals surface area (Å²) in [7, 11) is 0. The molecule has 4 unspecified atom stereocenters. The van der Waals surface area contributed by atoms with Crippen LogP contribution >= 0.6 is 0 Å². The van der Waals surface area contributed by atoms with Crippen LogP contribution in [-0.2, 0) is 104 Å². The van der Waals surface area contributed by atoms with Gasteiger partial charge in [-0.25, -0.2) is 24.3 Å². The van der Waals surface area contributed by atoms with Gasteiger partial charge in [0.1, 0.15) is 0 Å². The number of hydrogen-bond acceptors (Lipinski definition) is 0. The Balaban J connectivity index is -0.000000174. The minimum absolute atomic E-state index is 0. The van der Waals surface area contributed by atoms with Gasteiger partial charge in [0.05, 0.1) is 0 Å². The smallest absolute Gasteiger partial charge is 1.00 e. The number of hydrogen-bond donors (Lipinski definition) is 0. The molecule has 4 aromatic rings. The van der Waals surface area contributed by atoms with Crippen LogP contribution in [-0.4, -0.2) is 0 Å². The molecule has 0 nitrogen and oxygen atoms in total. The average molecular weight is 1050 g/mol. The molecule has 0 fully saturated rings. The summed E-state index contributed by atoms with van der Waals surface area (Å²) < 4.78 is 0. The first-order valence-corrected chi connectivity index (χ1v) is 17.3. The molecule has 8 rings (SSSR count). The average Bonchev–Trinajstić information content (AvgIpc) is 3.79. The zero-order valence-corrected chi connectivity index (χ0v) is 43.2. The Hall–Kier alpha value is 1.79. The minimum atomic E-state index is 0. The molecule has 51 heavy (non-hydrogen) atoms. The summed E-state index contributed by atoms with van der Waals surface area (Å²) in [6.07, 6.45) is 16.4. The van der Waals surface area contributed by atoms with Crippen molar-refractivity contribution < 1.29 is 153 Å². The van der Waals surface area contributed by atoms with E-state index in [1.54, 1.807) is 44.5 Å². The molecule has 276 valence electrons. The van der Waals surface area contributed by atoms with Gasteiger partial charge >= 0.3 is 78.6 Å². The van der Waals surface area contributed by atoms with Crippen molar-refractivity contribution in [2.45, 2.75) is 142 Å². The first-order valence-electron chi connectivity index (χ1n) is 17.3. The van der Waals surface area contributed by atoms with Gasteiger partial charge in [0.2, 0.25) is 0 Å². The van der Waals surface area contributed by atoms with E-state index in [-0.39, 0.29) is 153 Å². The second kappa shape index (κ2) is 30.9. The fourth-order valence-electron chi connectivity index (χ4n) is 8.06. The summed E-state index contributed by atoms with van der Waals surface area (Å²) in [6.45, 7) is 13.7. The molecule has 4 aliphatic carbocycles. The molecule has 4 aromatic carbocycles. The molecule has 0 aliphatic heterocycles. The van der Waals surface area contributed by atoms with Crippen LogP contribution in [0, 0.1) is 13.8 Å². The van der Waals surface area contributed by atoms with Crippen molar-refractivity contribution in [1.29, 1.82) is 0 Å². The van der Waals surface area contributed by atoms with Crippen molar-refractivity contribution in [2.75, 3.05) is 0 Å². The number of rotatable bonds is 0. The second-order valence-corrected chi connectivity index (χ2v) is 14.2. The predicted octanol–water partition coefficient (Wildman–Crippen LogP) is -5.99. The van der Waals surface area contributed by atoms with Crippen molar-refractivity contribution in [1.82, 2.24) is 0 Å². The number of aryl methyl sites for hydroxylation is 6. The van der Waals surface area contributed by atoms with E-state index in [9.17, 15) is 0 Å². The Kier molecular flexibility index (Phi) is 37.5. The summed E-state index contributed by atoms with van der Waals surface area (Å²) >= 11 is 0. The van der Waals surface area contributed by atoms with Gasteiger partial charge in [0, 0.05) is 0 Å². The van der Waals surface area contributed by atoms with E-state index < -0.39 is 0 Å². The topological polar surface area (TPSA) is 0 Å². The molecule has 4 aliphatic rings. The summed E-state index contributed by atoms with van der Waals surface area (Å²) in [4.78, 5) is 0. The van der Waals surface area contributed by atoms with Crippen LogP contribution in [0.2, 0.25) is 0 Å². The van der Waals surface area contributed by atoms with Crippen molar-refractivity contribution >= 4 is 0 Å². The minimum Gasteiger partial charge on any atom is -1.00 e. The van der Waals surface area contributed by atoms with Crippen molar-refractivity contribution in [2.24, 2.45) is 0 Å². The van der Waals surface area contributed by atoms with Crippen LogP contribution in [0.4, 0.5) is 0 Å². The molecule has 0 amide bonds. The molecule has 9 heteroatoms. The predicted molar refractivity (Wildman–Crippen MR) is 183 cm³/mol. The molecular formula is C42H56Cl6Zr3+2. The third-order valence-corrected chi connectivity index (χ3v) is 10.7. The van der Waals surface area contributed by atoms with Crippen LogP contribution in [0.15, 0.2) is 60.7 Å². The molecule has 0 bridgehead atoms. The maximum Gasteiger partial charge on any atom is 4.00 e. The first kappa shape index (κ1) is 62.0. The third-order valence-electron chi connectivity index (χ3n) is 10.7. The summed E-state index contributed by atoms with van der Waals surface area (Å²) in [5, 5.41) is 0. The van der Waals surface area contributed by atoms with Crippen molar-refractivity contribution in [3.8, 4) is 0 Å². The molecule has 0 heterocycles. The molecule has 0 radical (unpaired) electrons. The van der Waals surface area contributed by atoms with E-state index in [0.29, 0.717) is 0 Å². The summed E-state index contributed by atoms with van der Waals surface area (Å²) in [6, 6.07) is 22.9. The molecule has 0 saturated heterocycles. The Morgan fingerprint density at radius 2 is 0.784 bits per heavy atom. The summed E-state index contributed by atoms with van der Waals surface area (Å²) in [5.74, 6) is 3.21. The largest absolute Gasteiger partial charge is 4.00 e. The number of fused-ring (bicyclic) bond motifs is 4. The van der Waals surface area contributed by atoms with E-state index in [1.165, 1.54) is 88.2 Å². The monoisotopic (exact) mass is 1040 g/mol. The van der Waals surface area contributed by atoms with E-state index in [0.717, 1.165) is 23.7 Å². The van der Waals surface area contributed by atoms with Gasteiger partial charge in [-0.05, 0) is 24.7 Å². The van der Waals surface area contributed by atoms with Crippen LogP contribution in [0.1, 0.15) is 158 Å². The van der Waals surface area contributed by atoms with Gasteiger partial charge in [-0.15, -0.1) is 0 Å². The second-order valence-electron chi connectivity index (χ2n) is 14.2. The molecule has 0 spiro atoms. The molecule has 0 aromatic heterocycles. The van der Waals surface area contributed by atoms with Gasteiger partial charge in [-0.1, -0.05) is 118 Å². The maximum atomic E-state index is 2.34. The van der Waals surface area contributed by atoms with E-state index in [4.69, 9.17) is 0 Å². The summed E-state index contributed by atoms with van der Waals surface area (Å²) in [5.41, 5.74) is 15.8. The van der Waals surface area contributed by atoms with Crippen LogP contribution in [0.5, 0.6) is 0 Å². The molecule has 4 atom stereocenters. The molecule has 0 N–H and O–H groups in total.